The monoisotopic (exact) mass is 266 g/mol. The van der Waals surface area contributed by atoms with Crippen LogP contribution in [0.15, 0.2) is 18.2 Å². The zero-order valence-corrected chi connectivity index (χ0v) is 11.7. The van der Waals surface area contributed by atoms with Crippen LogP contribution in [0.3, 0.4) is 0 Å². The van der Waals surface area contributed by atoms with E-state index in [1.807, 2.05) is 19.1 Å². The molecule has 106 valence electrons. The third-order valence-corrected chi connectivity index (χ3v) is 2.76. The Bertz CT molecular complexity index is 421. The lowest BCUT2D eigenvalue weighted by atomic mass is 10.1. The highest BCUT2D eigenvalue weighted by molar-refractivity contribution is 5.92. The number of rotatable bonds is 7. The normalized spacial score (nSPS) is 12.0. The fourth-order valence-corrected chi connectivity index (χ4v) is 1.83. The number of hydrogen-bond acceptors (Lipinski definition) is 4. The average Bonchev–Trinajstić information content (AvgIpc) is 2.39. The van der Waals surface area contributed by atoms with Crippen LogP contribution in [0, 0.1) is 5.92 Å². The van der Waals surface area contributed by atoms with E-state index in [2.05, 4.69) is 5.32 Å². The van der Waals surface area contributed by atoms with Gasteiger partial charge in [-0.1, -0.05) is 13.0 Å². The molecule has 5 nitrogen and oxygen atoms in total. The summed E-state index contributed by atoms with van der Waals surface area (Å²) in [5, 5.41) is 2.84. The topological polar surface area (TPSA) is 73.6 Å². The van der Waals surface area contributed by atoms with Gasteiger partial charge in [0.1, 0.15) is 5.75 Å². The molecule has 19 heavy (non-hydrogen) atoms. The van der Waals surface area contributed by atoms with Gasteiger partial charge in [-0.25, -0.2) is 0 Å². The lowest BCUT2D eigenvalue weighted by molar-refractivity contribution is -0.117. The molecule has 1 rings (SSSR count). The summed E-state index contributed by atoms with van der Waals surface area (Å²) < 4.78 is 10.3. The summed E-state index contributed by atoms with van der Waals surface area (Å²) >= 11 is 0. The lowest BCUT2D eigenvalue weighted by Gasteiger charge is -2.13. The molecule has 0 radical (unpaired) electrons. The molecule has 0 saturated carbocycles. The van der Waals surface area contributed by atoms with Gasteiger partial charge in [0.05, 0.1) is 12.8 Å². The highest BCUT2D eigenvalue weighted by Crippen LogP contribution is 2.25. The van der Waals surface area contributed by atoms with E-state index in [0.717, 1.165) is 5.56 Å². The SMILES string of the molecule is COCC(C)CC(=O)Nc1ccc(CN)cc1OC. The predicted molar refractivity (Wildman–Crippen MR) is 75.2 cm³/mol. The number of benzene rings is 1. The van der Waals surface area contributed by atoms with E-state index in [4.69, 9.17) is 15.2 Å². The Kier molecular flexibility index (Phi) is 6.32. The Morgan fingerprint density at radius 3 is 2.74 bits per heavy atom. The molecule has 0 spiro atoms. The van der Waals surface area contributed by atoms with Crippen LogP contribution in [0.5, 0.6) is 5.75 Å². The van der Waals surface area contributed by atoms with Crippen LogP contribution in [0.2, 0.25) is 0 Å². The first kappa shape index (κ1) is 15.5. The van der Waals surface area contributed by atoms with E-state index < -0.39 is 0 Å². The molecule has 0 aromatic heterocycles. The summed E-state index contributed by atoms with van der Waals surface area (Å²) in [6, 6.07) is 5.50. The van der Waals surface area contributed by atoms with Crippen molar-refractivity contribution < 1.29 is 14.3 Å². The summed E-state index contributed by atoms with van der Waals surface area (Å²) in [6.07, 6.45) is 0.412. The Morgan fingerprint density at radius 2 is 2.16 bits per heavy atom. The molecule has 1 aromatic carbocycles. The number of carbonyl (C=O) groups excluding carboxylic acids is 1. The molecule has 1 aromatic rings. The van der Waals surface area contributed by atoms with Gasteiger partial charge < -0.3 is 20.5 Å². The minimum Gasteiger partial charge on any atom is -0.495 e. The van der Waals surface area contributed by atoms with Crippen molar-refractivity contribution in [3.05, 3.63) is 23.8 Å². The van der Waals surface area contributed by atoms with E-state index in [1.54, 1.807) is 20.3 Å². The number of carbonyl (C=O) groups is 1. The Morgan fingerprint density at radius 1 is 1.42 bits per heavy atom. The maximum Gasteiger partial charge on any atom is 0.224 e. The minimum absolute atomic E-state index is 0.0525. The lowest BCUT2D eigenvalue weighted by Crippen LogP contribution is -2.18. The van der Waals surface area contributed by atoms with Crippen LogP contribution in [0.4, 0.5) is 5.69 Å². The number of anilines is 1. The number of nitrogens with two attached hydrogens (primary N) is 1. The first-order valence-electron chi connectivity index (χ1n) is 6.26. The van der Waals surface area contributed by atoms with Gasteiger partial charge >= 0.3 is 0 Å². The Balaban J connectivity index is 2.68. The maximum absolute atomic E-state index is 11.9. The van der Waals surface area contributed by atoms with Crippen LogP contribution in [-0.4, -0.2) is 26.7 Å². The molecule has 0 heterocycles. The van der Waals surface area contributed by atoms with Gasteiger partial charge in [-0.2, -0.15) is 0 Å². The number of methoxy groups -OCH3 is 2. The van der Waals surface area contributed by atoms with Crippen molar-refractivity contribution in [2.45, 2.75) is 19.9 Å². The molecule has 0 aliphatic rings. The van der Waals surface area contributed by atoms with Gasteiger partial charge in [0.2, 0.25) is 5.91 Å². The third-order valence-electron chi connectivity index (χ3n) is 2.76. The second-order valence-corrected chi connectivity index (χ2v) is 4.55. The van der Waals surface area contributed by atoms with E-state index in [1.165, 1.54) is 0 Å². The van der Waals surface area contributed by atoms with Gasteiger partial charge in [-0.15, -0.1) is 0 Å². The zero-order chi connectivity index (χ0) is 14.3. The van der Waals surface area contributed by atoms with Gasteiger partial charge in [0, 0.05) is 26.7 Å². The molecule has 5 heteroatoms. The molecule has 3 N–H and O–H groups in total. The van der Waals surface area contributed by atoms with E-state index in [0.29, 0.717) is 31.0 Å². The fourth-order valence-electron chi connectivity index (χ4n) is 1.83. The van der Waals surface area contributed by atoms with Gasteiger partial charge in [-0.3, -0.25) is 4.79 Å². The summed E-state index contributed by atoms with van der Waals surface area (Å²) in [7, 11) is 3.20. The molecular formula is C14H22N2O3. The van der Waals surface area contributed by atoms with Crippen molar-refractivity contribution in [1.29, 1.82) is 0 Å². The van der Waals surface area contributed by atoms with E-state index in [9.17, 15) is 4.79 Å². The second kappa shape index (κ2) is 7.76. The number of ether oxygens (including phenoxy) is 2. The molecule has 1 atom stereocenters. The molecule has 1 unspecified atom stereocenters. The molecule has 0 fully saturated rings. The van der Waals surface area contributed by atoms with E-state index in [-0.39, 0.29) is 11.8 Å². The molecule has 0 aliphatic heterocycles. The van der Waals surface area contributed by atoms with E-state index >= 15 is 0 Å². The summed E-state index contributed by atoms with van der Waals surface area (Å²) in [5.74, 6) is 0.748. The molecule has 0 saturated heterocycles. The van der Waals surface area contributed by atoms with Crippen LogP contribution < -0.4 is 15.8 Å². The molecule has 1 amide bonds. The maximum atomic E-state index is 11.9. The van der Waals surface area contributed by atoms with Gasteiger partial charge in [0.25, 0.3) is 0 Å². The predicted octanol–water partition coefficient (Wildman–Crippen LogP) is 1.76. The van der Waals surface area contributed by atoms with Crippen molar-refractivity contribution in [3.63, 3.8) is 0 Å². The Hall–Kier alpha value is -1.59. The average molecular weight is 266 g/mol. The van der Waals surface area contributed by atoms with Gasteiger partial charge in [-0.05, 0) is 23.6 Å². The first-order valence-corrected chi connectivity index (χ1v) is 6.26. The smallest absolute Gasteiger partial charge is 0.224 e. The van der Waals surface area contributed by atoms with Gasteiger partial charge in [0.15, 0.2) is 0 Å². The number of hydrogen-bond donors (Lipinski definition) is 2. The summed E-state index contributed by atoms with van der Waals surface area (Å²) in [4.78, 5) is 11.9. The second-order valence-electron chi connectivity index (χ2n) is 4.55. The largest absolute Gasteiger partial charge is 0.495 e. The highest BCUT2D eigenvalue weighted by atomic mass is 16.5. The van der Waals surface area contributed by atoms with Crippen molar-refractivity contribution in [2.75, 3.05) is 26.1 Å². The highest BCUT2D eigenvalue weighted by Gasteiger charge is 2.11. The third kappa shape index (κ3) is 4.89. The Labute approximate surface area is 114 Å². The fraction of sp³-hybridized carbons (Fsp3) is 0.500. The number of amides is 1. The molecular weight excluding hydrogens is 244 g/mol. The molecule has 0 bridgehead atoms. The molecule has 0 aliphatic carbocycles. The van der Waals surface area contributed by atoms with Crippen molar-refractivity contribution in [3.8, 4) is 5.75 Å². The van der Waals surface area contributed by atoms with Crippen molar-refractivity contribution in [1.82, 2.24) is 0 Å². The van der Waals surface area contributed by atoms with Crippen LogP contribution in [0.1, 0.15) is 18.9 Å². The summed E-state index contributed by atoms with van der Waals surface area (Å²) in [6.45, 7) is 2.98. The van der Waals surface area contributed by atoms with Crippen LogP contribution in [0.25, 0.3) is 0 Å². The quantitative estimate of drug-likeness (QED) is 0.788. The first-order chi connectivity index (χ1) is 9.10. The standard InChI is InChI=1S/C14H22N2O3/c1-10(9-18-2)6-14(17)16-12-5-4-11(8-15)7-13(12)19-3/h4-5,7,10H,6,8-9,15H2,1-3H3,(H,16,17). The zero-order valence-electron chi connectivity index (χ0n) is 11.7. The van der Waals surface area contributed by atoms with Crippen molar-refractivity contribution in [2.24, 2.45) is 11.7 Å². The van der Waals surface area contributed by atoms with Crippen LogP contribution >= 0.6 is 0 Å². The minimum atomic E-state index is -0.0525. The number of nitrogens with one attached hydrogen (secondary N) is 1. The summed E-state index contributed by atoms with van der Waals surface area (Å²) in [5.41, 5.74) is 7.19. The van der Waals surface area contributed by atoms with Crippen molar-refractivity contribution >= 4 is 11.6 Å². The van der Waals surface area contributed by atoms with Crippen LogP contribution in [-0.2, 0) is 16.1 Å².